The fraction of sp³-hybridized carbons (Fsp3) is 0.773. The summed E-state index contributed by atoms with van der Waals surface area (Å²) < 4.78 is 0. The van der Waals surface area contributed by atoms with Crippen molar-refractivity contribution >= 4 is 5.91 Å². The average Bonchev–Trinajstić information content (AvgIpc) is 2.94. The van der Waals surface area contributed by atoms with Gasteiger partial charge in [0.05, 0.1) is 24.9 Å². The van der Waals surface area contributed by atoms with Gasteiger partial charge >= 0.3 is 0 Å². The number of nitrogens with one attached hydrogen (secondary N) is 1. The van der Waals surface area contributed by atoms with E-state index in [0.717, 1.165) is 38.5 Å². The molecular formula is C22H39NO5. The zero-order valence-corrected chi connectivity index (χ0v) is 17.2. The Hall–Kier alpha value is -1.21. The van der Waals surface area contributed by atoms with Gasteiger partial charge in [-0.3, -0.25) is 4.79 Å². The molecule has 1 rings (SSSR count). The van der Waals surface area contributed by atoms with Crippen LogP contribution < -0.4 is 5.32 Å². The van der Waals surface area contributed by atoms with Crippen molar-refractivity contribution in [3.63, 3.8) is 0 Å². The minimum absolute atomic E-state index is 0.0490. The molecule has 0 saturated heterocycles. The Kier molecular flexibility index (Phi) is 13.1. The Labute approximate surface area is 169 Å². The minimum atomic E-state index is -0.581. The molecule has 0 heterocycles. The fourth-order valence-electron chi connectivity index (χ4n) is 3.70. The van der Waals surface area contributed by atoms with Crippen molar-refractivity contribution in [3.05, 3.63) is 24.3 Å². The highest BCUT2D eigenvalue weighted by molar-refractivity contribution is 5.75. The molecule has 1 aliphatic rings. The summed E-state index contributed by atoms with van der Waals surface area (Å²) in [4.78, 5) is 11.4. The molecule has 0 bridgehead atoms. The highest BCUT2D eigenvalue weighted by atomic mass is 16.3. The van der Waals surface area contributed by atoms with Crippen LogP contribution in [-0.4, -0.2) is 57.8 Å². The van der Waals surface area contributed by atoms with E-state index in [1.807, 2.05) is 18.2 Å². The predicted molar refractivity (Wildman–Crippen MR) is 111 cm³/mol. The van der Waals surface area contributed by atoms with E-state index in [2.05, 4.69) is 12.2 Å². The maximum absolute atomic E-state index is 11.4. The summed E-state index contributed by atoms with van der Waals surface area (Å²) in [5.41, 5.74) is 0. The Morgan fingerprint density at radius 2 is 1.96 bits per heavy atom. The van der Waals surface area contributed by atoms with Crippen LogP contribution in [0.5, 0.6) is 0 Å². The SMILES string of the molecule is CCCCC[C@H](O)/C=C/[C@@H]1[C@@H](C/C=C/CCCC(=O)NCCO)[C@@H](O)C[C@H]1O. The number of allylic oxidation sites excluding steroid dienone is 2. The summed E-state index contributed by atoms with van der Waals surface area (Å²) >= 11 is 0. The minimum Gasteiger partial charge on any atom is -0.395 e. The van der Waals surface area contributed by atoms with Crippen molar-refractivity contribution in [3.8, 4) is 0 Å². The Morgan fingerprint density at radius 1 is 1.18 bits per heavy atom. The number of aliphatic hydroxyl groups is 4. The number of amides is 1. The Bertz CT molecular complexity index is 480. The van der Waals surface area contributed by atoms with Gasteiger partial charge in [0, 0.05) is 25.3 Å². The molecule has 28 heavy (non-hydrogen) atoms. The van der Waals surface area contributed by atoms with Crippen LogP contribution in [0.15, 0.2) is 24.3 Å². The number of rotatable bonds is 14. The summed E-state index contributed by atoms with van der Waals surface area (Å²) in [6.45, 7) is 2.37. The first-order valence-electron chi connectivity index (χ1n) is 10.7. The van der Waals surface area contributed by atoms with E-state index < -0.39 is 18.3 Å². The quantitative estimate of drug-likeness (QED) is 0.228. The third-order valence-corrected chi connectivity index (χ3v) is 5.36. The number of hydrogen-bond acceptors (Lipinski definition) is 5. The summed E-state index contributed by atoms with van der Waals surface area (Å²) in [6.07, 6.45) is 12.9. The topological polar surface area (TPSA) is 110 Å². The molecule has 1 aliphatic carbocycles. The molecule has 1 fully saturated rings. The molecule has 162 valence electrons. The van der Waals surface area contributed by atoms with Crippen LogP contribution in [0, 0.1) is 11.8 Å². The Morgan fingerprint density at radius 3 is 2.68 bits per heavy atom. The maximum atomic E-state index is 11.4. The molecule has 0 radical (unpaired) electrons. The lowest BCUT2D eigenvalue weighted by molar-refractivity contribution is -0.121. The van der Waals surface area contributed by atoms with E-state index in [4.69, 9.17) is 5.11 Å². The van der Waals surface area contributed by atoms with Gasteiger partial charge in [-0.1, -0.05) is 50.5 Å². The summed E-state index contributed by atoms with van der Waals surface area (Å²) in [5, 5.41) is 41.8. The lowest BCUT2D eigenvalue weighted by Crippen LogP contribution is -2.25. The molecule has 0 aromatic rings. The zero-order valence-electron chi connectivity index (χ0n) is 17.2. The van der Waals surface area contributed by atoms with Crippen molar-refractivity contribution in [2.45, 2.75) is 83.0 Å². The first kappa shape index (κ1) is 24.8. The van der Waals surface area contributed by atoms with Crippen molar-refractivity contribution in [1.29, 1.82) is 0 Å². The third kappa shape index (κ3) is 9.82. The zero-order chi connectivity index (χ0) is 20.8. The molecule has 0 aliphatic heterocycles. The van der Waals surface area contributed by atoms with Crippen molar-refractivity contribution in [1.82, 2.24) is 5.32 Å². The standard InChI is InChI=1S/C22H39NO5/c1-2-3-6-9-17(25)12-13-19-18(20(26)16-21(19)27)10-7-4-5-8-11-22(28)23-14-15-24/h4,7,12-13,17-21,24-27H,2-3,5-6,8-11,14-16H2,1H3,(H,23,28)/b7-4+,13-12+/t17-,18+,19+,20-,21+/m0/s1. The van der Waals surface area contributed by atoms with E-state index in [1.54, 1.807) is 6.08 Å². The summed E-state index contributed by atoms with van der Waals surface area (Å²) in [6, 6.07) is 0. The number of unbranched alkanes of at least 4 members (excludes halogenated alkanes) is 3. The highest BCUT2D eigenvalue weighted by Crippen LogP contribution is 2.36. The molecule has 1 saturated carbocycles. The van der Waals surface area contributed by atoms with Gasteiger partial charge < -0.3 is 25.7 Å². The molecule has 6 heteroatoms. The van der Waals surface area contributed by atoms with Crippen LogP contribution in [0.25, 0.3) is 0 Å². The van der Waals surface area contributed by atoms with Crippen LogP contribution in [0.4, 0.5) is 0 Å². The van der Waals surface area contributed by atoms with Gasteiger partial charge in [-0.2, -0.15) is 0 Å². The largest absolute Gasteiger partial charge is 0.395 e. The van der Waals surface area contributed by atoms with Gasteiger partial charge in [0.15, 0.2) is 0 Å². The number of aliphatic hydroxyl groups excluding tert-OH is 4. The van der Waals surface area contributed by atoms with Gasteiger partial charge in [-0.05, 0) is 31.6 Å². The first-order chi connectivity index (χ1) is 13.5. The van der Waals surface area contributed by atoms with Crippen LogP contribution >= 0.6 is 0 Å². The molecule has 0 unspecified atom stereocenters. The molecule has 0 aromatic carbocycles. The van der Waals surface area contributed by atoms with E-state index in [0.29, 0.717) is 25.8 Å². The van der Waals surface area contributed by atoms with E-state index in [9.17, 15) is 20.1 Å². The molecular weight excluding hydrogens is 358 g/mol. The van der Waals surface area contributed by atoms with Gasteiger partial charge in [-0.15, -0.1) is 0 Å². The molecule has 5 N–H and O–H groups in total. The predicted octanol–water partition coefficient (Wildman–Crippen LogP) is 2.07. The van der Waals surface area contributed by atoms with Gasteiger partial charge in [-0.25, -0.2) is 0 Å². The number of hydrogen-bond donors (Lipinski definition) is 5. The second kappa shape index (κ2) is 14.7. The monoisotopic (exact) mass is 397 g/mol. The fourth-order valence-corrected chi connectivity index (χ4v) is 3.70. The Balaban J connectivity index is 2.39. The van der Waals surface area contributed by atoms with Crippen molar-refractivity contribution in [2.24, 2.45) is 11.8 Å². The summed E-state index contributed by atoms with van der Waals surface area (Å²) in [7, 11) is 0. The van der Waals surface area contributed by atoms with E-state index in [1.165, 1.54) is 0 Å². The lowest BCUT2D eigenvalue weighted by Gasteiger charge is -2.19. The first-order valence-corrected chi connectivity index (χ1v) is 10.7. The normalized spacial score (nSPS) is 26.3. The van der Waals surface area contributed by atoms with Crippen LogP contribution in [0.2, 0.25) is 0 Å². The van der Waals surface area contributed by atoms with Crippen LogP contribution in [0.1, 0.15) is 64.7 Å². The van der Waals surface area contributed by atoms with Gasteiger partial charge in [0.25, 0.3) is 0 Å². The summed E-state index contributed by atoms with van der Waals surface area (Å²) in [5.74, 6) is -0.262. The second-order valence-electron chi connectivity index (χ2n) is 7.73. The third-order valence-electron chi connectivity index (χ3n) is 5.36. The molecule has 0 aromatic heterocycles. The van der Waals surface area contributed by atoms with Gasteiger partial charge in [0.1, 0.15) is 0 Å². The molecule has 1 amide bonds. The molecule has 6 nitrogen and oxygen atoms in total. The van der Waals surface area contributed by atoms with Crippen molar-refractivity contribution < 1.29 is 25.2 Å². The maximum Gasteiger partial charge on any atom is 0.220 e. The van der Waals surface area contributed by atoms with Crippen LogP contribution in [0.3, 0.4) is 0 Å². The highest BCUT2D eigenvalue weighted by Gasteiger charge is 2.39. The van der Waals surface area contributed by atoms with Crippen LogP contribution in [-0.2, 0) is 4.79 Å². The number of carbonyl (C=O) groups is 1. The molecule has 5 atom stereocenters. The average molecular weight is 398 g/mol. The van der Waals surface area contributed by atoms with Gasteiger partial charge in [0.2, 0.25) is 5.91 Å². The number of carbonyl (C=O) groups excluding carboxylic acids is 1. The van der Waals surface area contributed by atoms with E-state index >= 15 is 0 Å². The lowest BCUT2D eigenvalue weighted by atomic mass is 9.89. The second-order valence-corrected chi connectivity index (χ2v) is 7.73. The van der Waals surface area contributed by atoms with E-state index in [-0.39, 0.29) is 24.3 Å². The smallest absolute Gasteiger partial charge is 0.220 e. The van der Waals surface area contributed by atoms with Crippen molar-refractivity contribution in [2.75, 3.05) is 13.2 Å². The molecule has 0 spiro atoms.